The summed E-state index contributed by atoms with van der Waals surface area (Å²) in [6.07, 6.45) is 1.60. The highest BCUT2D eigenvalue weighted by Gasteiger charge is 2.27. The predicted molar refractivity (Wildman–Crippen MR) is 50.6 cm³/mol. The Morgan fingerprint density at radius 1 is 1.57 bits per heavy atom. The molecule has 1 aromatic rings. The summed E-state index contributed by atoms with van der Waals surface area (Å²) in [4.78, 5) is 11.5. The minimum absolute atomic E-state index is 0.166. The molecule has 0 aliphatic carbocycles. The first-order chi connectivity index (χ1) is 6.57. The van der Waals surface area contributed by atoms with E-state index < -0.39 is 0 Å². The van der Waals surface area contributed by atoms with Gasteiger partial charge in [0.2, 0.25) is 0 Å². The number of carbonyl (C=O) groups is 1. The van der Waals surface area contributed by atoms with Gasteiger partial charge in [-0.15, -0.1) is 5.10 Å². The van der Waals surface area contributed by atoms with Crippen LogP contribution in [-0.2, 0) is 16.6 Å². The maximum absolute atomic E-state index is 11.5. The smallest absolute Gasteiger partial charge is 0.315 e. The van der Waals surface area contributed by atoms with Crippen molar-refractivity contribution in [1.82, 2.24) is 15.0 Å². The number of aromatic nitrogens is 3. The zero-order valence-corrected chi connectivity index (χ0v) is 8.89. The molecule has 0 saturated heterocycles. The van der Waals surface area contributed by atoms with Crippen molar-refractivity contribution in [3.8, 4) is 0 Å². The van der Waals surface area contributed by atoms with Crippen LogP contribution in [0.1, 0.15) is 25.5 Å². The van der Waals surface area contributed by atoms with Crippen molar-refractivity contribution >= 4 is 5.97 Å². The summed E-state index contributed by atoms with van der Waals surface area (Å²) in [7, 11) is 3.15. The third-order valence-electron chi connectivity index (χ3n) is 2.19. The fourth-order valence-corrected chi connectivity index (χ4v) is 1.44. The molecule has 14 heavy (non-hydrogen) atoms. The largest absolute Gasteiger partial charge is 0.468 e. The summed E-state index contributed by atoms with van der Waals surface area (Å²) in [5.74, 6) is -0.370. The normalized spacial score (nSPS) is 12.9. The summed E-state index contributed by atoms with van der Waals surface area (Å²) in [5, 5.41) is 7.54. The summed E-state index contributed by atoms with van der Waals surface area (Å²) >= 11 is 0. The van der Waals surface area contributed by atoms with Gasteiger partial charge in [-0.3, -0.25) is 9.48 Å². The van der Waals surface area contributed by atoms with Gasteiger partial charge >= 0.3 is 5.97 Å². The quantitative estimate of drug-likeness (QED) is 0.670. The van der Waals surface area contributed by atoms with Gasteiger partial charge in [-0.1, -0.05) is 19.1 Å². The Labute approximate surface area is 83.1 Å². The first kappa shape index (κ1) is 10.7. The minimum Gasteiger partial charge on any atom is -0.468 e. The van der Waals surface area contributed by atoms with Crippen molar-refractivity contribution in [1.29, 1.82) is 0 Å². The number of hydrogen-bond donors (Lipinski definition) is 0. The molecule has 0 spiro atoms. The maximum atomic E-state index is 11.5. The van der Waals surface area contributed by atoms with Crippen LogP contribution in [0.15, 0.2) is 6.20 Å². The summed E-state index contributed by atoms with van der Waals surface area (Å²) in [5.41, 5.74) is 0.784. The van der Waals surface area contributed by atoms with Gasteiger partial charge in [0, 0.05) is 7.05 Å². The molecule has 0 radical (unpaired) electrons. The van der Waals surface area contributed by atoms with E-state index in [1.165, 1.54) is 7.11 Å². The van der Waals surface area contributed by atoms with Crippen molar-refractivity contribution in [2.24, 2.45) is 13.0 Å². The number of methoxy groups -OCH3 is 1. The number of carbonyl (C=O) groups excluding carboxylic acids is 1. The molecule has 0 amide bonds. The second kappa shape index (κ2) is 4.21. The molecule has 1 rings (SSSR count). The van der Waals surface area contributed by atoms with Crippen LogP contribution in [0.3, 0.4) is 0 Å². The first-order valence-corrected chi connectivity index (χ1v) is 4.50. The van der Waals surface area contributed by atoms with E-state index >= 15 is 0 Å². The Hall–Kier alpha value is -1.39. The summed E-state index contributed by atoms with van der Waals surface area (Å²) in [6, 6.07) is 0. The number of esters is 1. The first-order valence-electron chi connectivity index (χ1n) is 4.50. The van der Waals surface area contributed by atoms with Gasteiger partial charge in [-0.2, -0.15) is 0 Å². The number of ether oxygens (including phenoxy) is 1. The average molecular weight is 197 g/mol. The van der Waals surface area contributed by atoms with Crippen LogP contribution in [0.25, 0.3) is 0 Å². The lowest BCUT2D eigenvalue weighted by Crippen LogP contribution is -2.22. The Morgan fingerprint density at radius 3 is 2.57 bits per heavy atom. The van der Waals surface area contributed by atoms with Crippen molar-refractivity contribution in [2.75, 3.05) is 7.11 Å². The van der Waals surface area contributed by atoms with Crippen molar-refractivity contribution < 1.29 is 9.53 Å². The highest BCUT2D eigenvalue weighted by Crippen LogP contribution is 2.24. The Balaban J connectivity index is 3.00. The Bertz CT molecular complexity index is 320. The molecule has 0 fully saturated rings. The second-order valence-electron chi connectivity index (χ2n) is 3.53. The van der Waals surface area contributed by atoms with Gasteiger partial charge in [0.15, 0.2) is 0 Å². The molecule has 0 aromatic carbocycles. The van der Waals surface area contributed by atoms with Crippen molar-refractivity contribution in [3.63, 3.8) is 0 Å². The van der Waals surface area contributed by atoms with Gasteiger partial charge in [0.25, 0.3) is 0 Å². The predicted octanol–water partition coefficient (Wildman–Crippen LogP) is 0.728. The van der Waals surface area contributed by atoms with E-state index in [1.807, 2.05) is 13.8 Å². The molecule has 1 atom stereocenters. The molecule has 0 aliphatic rings. The fraction of sp³-hybridized carbons (Fsp3) is 0.667. The van der Waals surface area contributed by atoms with Crippen LogP contribution in [0, 0.1) is 5.92 Å². The fourth-order valence-electron chi connectivity index (χ4n) is 1.44. The topological polar surface area (TPSA) is 57.0 Å². The van der Waals surface area contributed by atoms with Crippen LogP contribution in [0.4, 0.5) is 0 Å². The number of rotatable bonds is 3. The summed E-state index contributed by atoms with van der Waals surface area (Å²) < 4.78 is 6.34. The Morgan fingerprint density at radius 2 is 2.21 bits per heavy atom. The lowest BCUT2D eigenvalue weighted by Gasteiger charge is -2.17. The summed E-state index contributed by atoms with van der Waals surface area (Å²) in [6.45, 7) is 3.93. The third kappa shape index (κ3) is 1.92. The molecule has 0 saturated carbocycles. The van der Waals surface area contributed by atoms with Crippen LogP contribution in [0.2, 0.25) is 0 Å². The maximum Gasteiger partial charge on any atom is 0.315 e. The van der Waals surface area contributed by atoms with Crippen LogP contribution in [0.5, 0.6) is 0 Å². The minimum atomic E-state index is -0.292. The molecule has 0 bridgehead atoms. The van der Waals surface area contributed by atoms with E-state index in [0.29, 0.717) is 0 Å². The van der Waals surface area contributed by atoms with Gasteiger partial charge in [0.05, 0.1) is 19.0 Å². The van der Waals surface area contributed by atoms with Gasteiger partial charge in [0.1, 0.15) is 5.92 Å². The van der Waals surface area contributed by atoms with E-state index in [1.54, 1.807) is 17.9 Å². The zero-order chi connectivity index (χ0) is 10.7. The average Bonchev–Trinajstić information content (AvgIpc) is 2.52. The van der Waals surface area contributed by atoms with Gasteiger partial charge < -0.3 is 4.74 Å². The van der Waals surface area contributed by atoms with Crippen LogP contribution < -0.4 is 0 Å². The standard InChI is InChI=1S/C9H15N3O2/c1-6(2)8(9(13)14-4)7-5-10-11-12(7)3/h5-6,8H,1-4H3. The Kier molecular flexibility index (Phi) is 3.22. The van der Waals surface area contributed by atoms with E-state index in [-0.39, 0.29) is 17.8 Å². The van der Waals surface area contributed by atoms with E-state index in [0.717, 1.165) is 5.69 Å². The number of hydrogen-bond acceptors (Lipinski definition) is 4. The molecule has 1 aromatic heterocycles. The molecule has 1 heterocycles. The molecule has 0 aliphatic heterocycles. The zero-order valence-electron chi connectivity index (χ0n) is 8.89. The molecule has 1 unspecified atom stereocenters. The molecule has 5 heteroatoms. The number of nitrogens with zero attached hydrogens (tertiary/aromatic N) is 3. The van der Waals surface area contributed by atoms with E-state index in [9.17, 15) is 4.79 Å². The highest BCUT2D eigenvalue weighted by atomic mass is 16.5. The highest BCUT2D eigenvalue weighted by molar-refractivity contribution is 5.77. The molecule has 78 valence electrons. The van der Waals surface area contributed by atoms with E-state index in [4.69, 9.17) is 4.74 Å². The second-order valence-corrected chi connectivity index (χ2v) is 3.53. The molecule has 5 nitrogen and oxygen atoms in total. The van der Waals surface area contributed by atoms with E-state index in [2.05, 4.69) is 10.3 Å². The van der Waals surface area contributed by atoms with Crippen LogP contribution >= 0.6 is 0 Å². The molecule has 0 N–H and O–H groups in total. The molecular formula is C9H15N3O2. The lowest BCUT2D eigenvalue weighted by atomic mass is 9.93. The van der Waals surface area contributed by atoms with Gasteiger partial charge in [-0.05, 0) is 5.92 Å². The van der Waals surface area contributed by atoms with Crippen molar-refractivity contribution in [3.05, 3.63) is 11.9 Å². The SMILES string of the molecule is COC(=O)C(c1cnnn1C)C(C)C. The third-order valence-corrected chi connectivity index (χ3v) is 2.19. The molecular weight excluding hydrogens is 182 g/mol. The monoisotopic (exact) mass is 197 g/mol. The van der Waals surface area contributed by atoms with Crippen molar-refractivity contribution in [2.45, 2.75) is 19.8 Å². The van der Waals surface area contributed by atoms with Gasteiger partial charge in [-0.25, -0.2) is 0 Å². The lowest BCUT2D eigenvalue weighted by molar-refractivity contribution is -0.143. The number of aryl methyl sites for hydroxylation is 1. The van der Waals surface area contributed by atoms with Crippen LogP contribution in [-0.4, -0.2) is 28.1 Å².